The third-order valence-electron chi connectivity index (χ3n) is 3.91. The van der Waals surface area contributed by atoms with Crippen LogP contribution in [0.15, 0.2) is 18.2 Å². The van der Waals surface area contributed by atoms with E-state index in [2.05, 4.69) is 5.32 Å². The van der Waals surface area contributed by atoms with Crippen LogP contribution >= 0.6 is 0 Å². The second-order valence-corrected chi connectivity index (χ2v) is 5.95. The number of hydrogen-bond donors (Lipinski definition) is 1. The molecule has 0 radical (unpaired) electrons. The first-order chi connectivity index (χ1) is 11.0. The van der Waals surface area contributed by atoms with Crippen molar-refractivity contribution in [3.05, 3.63) is 23.8 Å². The topological polar surface area (TPSA) is 67.9 Å². The molecule has 0 bridgehead atoms. The predicted molar refractivity (Wildman–Crippen MR) is 86.6 cm³/mol. The summed E-state index contributed by atoms with van der Waals surface area (Å²) in [5, 5.41) is 2.89. The van der Waals surface area contributed by atoms with Crippen LogP contribution in [0.2, 0.25) is 0 Å². The number of amides is 2. The standard InChI is InChI=1S/C17H24N2O4/c1-19(2)17(21)7-6-16(20)18-10-12-8-13-4-5-14(22-3)9-15(13)23-11-12/h4-5,9,12H,6-8,10-11H2,1-3H3,(H,18,20)/t12-/m1/s1. The van der Waals surface area contributed by atoms with Gasteiger partial charge in [-0.3, -0.25) is 9.59 Å². The van der Waals surface area contributed by atoms with E-state index in [0.29, 0.717) is 13.2 Å². The zero-order chi connectivity index (χ0) is 16.8. The highest BCUT2D eigenvalue weighted by atomic mass is 16.5. The molecule has 1 aromatic carbocycles. The van der Waals surface area contributed by atoms with Crippen molar-refractivity contribution in [3.63, 3.8) is 0 Å². The number of methoxy groups -OCH3 is 1. The Kier molecular flexibility index (Phi) is 5.84. The average molecular weight is 320 g/mol. The lowest BCUT2D eigenvalue weighted by Crippen LogP contribution is -2.35. The van der Waals surface area contributed by atoms with Crippen molar-refractivity contribution < 1.29 is 19.1 Å². The third kappa shape index (κ3) is 4.87. The Hall–Kier alpha value is -2.24. The van der Waals surface area contributed by atoms with Gasteiger partial charge in [-0.05, 0) is 18.1 Å². The first-order valence-electron chi connectivity index (χ1n) is 7.76. The molecule has 0 aromatic heterocycles. The summed E-state index contributed by atoms with van der Waals surface area (Å²) >= 11 is 0. The third-order valence-corrected chi connectivity index (χ3v) is 3.91. The molecule has 6 heteroatoms. The van der Waals surface area contributed by atoms with Crippen LogP contribution in [-0.4, -0.2) is 51.1 Å². The number of carbonyl (C=O) groups excluding carboxylic acids is 2. The van der Waals surface area contributed by atoms with Crippen molar-refractivity contribution in [2.24, 2.45) is 5.92 Å². The van der Waals surface area contributed by atoms with E-state index in [1.54, 1.807) is 21.2 Å². The summed E-state index contributed by atoms with van der Waals surface area (Å²) in [6.45, 7) is 1.12. The minimum absolute atomic E-state index is 0.0379. The van der Waals surface area contributed by atoms with E-state index < -0.39 is 0 Å². The van der Waals surface area contributed by atoms with Crippen molar-refractivity contribution in [2.75, 3.05) is 34.4 Å². The fourth-order valence-electron chi connectivity index (χ4n) is 2.46. The second-order valence-electron chi connectivity index (χ2n) is 5.95. The molecule has 0 fully saturated rings. The SMILES string of the molecule is COc1ccc2c(c1)OC[C@@H](CNC(=O)CCC(=O)N(C)C)C2. The van der Waals surface area contributed by atoms with E-state index >= 15 is 0 Å². The number of ether oxygens (including phenoxy) is 2. The summed E-state index contributed by atoms with van der Waals surface area (Å²) in [7, 11) is 5.00. The Morgan fingerprint density at radius 3 is 2.83 bits per heavy atom. The molecular formula is C17H24N2O4. The van der Waals surface area contributed by atoms with Crippen molar-refractivity contribution >= 4 is 11.8 Å². The molecule has 1 aliphatic rings. The maximum atomic E-state index is 11.8. The van der Waals surface area contributed by atoms with Gasteiger partial charge in [-0.2, -0.15) is 0 Å². The quantitative estimate of drug-likeness (QED) is 0.856. The van der Waals surface area contributed by atoms with Crippen molar-refractivity contribution in [3.8, 4) is 11.5 Å². The molecule has 1 heterocycles. The summed E-state index contributed by atoms with van der Waals surface area (Å²) in [5.74, 6) is 1.73. The number of rotatable bonds is 6. The van der Waals surface area contributed by atoms with Crippen LogP contribution in [0.25, 0.3) is 0 Å². The molecule has 1 aliphatic heterocycles. The monoisotopic (exact) mass is 320 g/mol. The van der Waals surface area contributed by atoms with Crippen LogP contribution < -0.4 is 14.8 Å². The van der Waals surface area contributed by atoms with Gasteiger partial charge in [0.05, 0.1) is 13.7 Å². The Bertz CT molecular complexity index is 572. The number of nitrogens with zero attached hydrogens (tertiary/aromatic N) is 1. The highest BCUT2D eigenvalue weighted by Gasteiger charge is 2.21. The molecule has 2 amide bonds. The molecule has 0 saturated heterocycles. The van der Waals surface area contributed by atoms with Crippen molar-refractivity contribution in [2.45, 2.75) is 19.3 Å². The van der Waals surface area contributed by atoms with Crippen LogP contribution in [0.1, 0.15) is 18.4 Å². The van der Waals surface area contributed by atoms with Gasteiger partial charge in [0.15, 0.2) is 0 Å². The molecule has 0 spiro atoms. The highest BCUT2D eigenvalue weighted by Crippen LogP contribution is 2.30. The number of fused-ring (bicyclic) bond motifs is 1. The van der Waals surface area contributed by atoms with Gasteiger partial charge in [-0.25, -0.2) is 0 Å². The first kappa shape index (κ1) is 17.1. The van der Waals surface area contributed by atoms with E-state index in [0.717, 1.165) is 23.5 Å². The van der Waals surface area contributed by atoms with Crippen LogP contribution in [0.4, 0.5) is 0 Å². The fourth-order valence-corrected chi connectivity index (χ4v) is 2.46. The molecule has 6 nitrogen and oxygen atoms in total. The average Bonchev–Trinajstić information content (AvgIpc) is 2.56. The number of nitrogens with one attached hydrogen (secondary N) is 1. The predicted octanol–water partition coefficient (Wildman–Crippen LogP) is 1.23. The Morgan fingerprint density at radius 1 is 1.35 bits per heavy atom. The summed E-state index contributed by atoms with van der Waals surface area (Å²) in [4.78, 5) is 24.8. The van der Waals surface area contributed by atoms with Crippen LogP contribution in [0.3, 0.4) is 0 Å². The molecule has 1 aromatic rings. The second kappa shape index (κ2) is 7.85. The molecule has 126 valence electrons. The Labute approximate surface area is 136 Å². The van der Waals surface area contributed by atoms with E-state index in [1.807, 2.05) is 18.2 Å². The largest absolute Gasteiger partial charge is 0.497 e. The van der Waals surface area contributed by atoms with Gasteiger partial charge in [0.2, 0.25) is 11.8 Å². The summed E-state index contributed by atoms with van der Waals surface area (Å²) in [6, 6.07) is 5.80. The summed E-state index contributed by atoms with van der Waals surface area (Å²) < 4.78 is 10.9. The van der Waals surface area contributed by atoms with Crippen LogP contribution in [0, 0.1) is 5.92 Å². The lowest BCUT2D eigenvalue weighted by atomic mass is 9.96. The van der Waals surface area contributed by atoms with Gasteiger partial charge >= 0.3 is 0 Å². The van der Waals surface area contributed by atoms with Gasteiger partial charge in [0.25, 0.3) is 0 Å². The Balaban J connectivity index is 1.77. The van der Waals surface area contributed by atoms with Crippen LogP contribution in [0.5, 0.6) is 11.5 Å². The summed E-state index contributed by atoms with van der Waals surface area (Å²) in [5.41, 5.74) is 1.12. The Morgan fingerprint density at radius 2 is 2.13 bits per heavy atom. The lowest BCUT2D eigenvalue weighted by Gasteiger charge is -2.25. The molecule has 0 unspecified atom stereocenters. The maximum absolute atomic E-state index is 11.8. The zero-order valence-corrected chi connectivity index (χ0v) is 13.9. The lowest BCUT2D eigenvalue weighted by molar-refractivity contribution is -0.131. The molecule has 1 N–H and O–H groups in total. The van der Waals surface area contributed by atoms with E-state index in [9.17, 15) is 9.59 Å². The van der Waals surface area contributed by atoms with Gasteiger partial charge in [0.1, 0.15) is 11.5 Å². The maximum Gasteiger partial charge on any atom is 0.222 e. The molecule has 2 rings (SSSR count). The highest BCUT2D eigenvalue weighted by molar-refractivity contribution is 5.83. The smallest absolute Gasteiger partial charge is 0.222 e. The zero-order valence-electron chi connectivity index (χ0n) is 13.9. The van der Waals surface area contributed by atoms with Gasteiger partial charge in [-0.1, -0.05) is 6.07 Å². The van der Waals surface area contributed by atoms with E-state index in [1.165, 1.54) is 4.90 Å². The molecule has 0 saturated carbocycles. The van der Waals surface area contributed by atoms with Crippen molar-refractivity contribution in [1.82, 2.24) is 10.2 Å². The molecule has 0 aliphatic carbocycles. The minimum Gasteiger partial charge on any atom is -0.497 e. The molecule has 23 heavy (non-hydrogen) atoms. The van der Waals surface area contributed by atoms with Crippen molar-refractivity contribution in [1.29, 1.82) is 0 Å². The summed E-state index contributed by atoms with van der Waals surface area (Å²) in [6.07, 6.45) is 1.32. The van der Waals surface area contributed by atoms with Crippen LogP contribution in [-0.2, 0) is 16.0 Å². The fraction of sp³-hybridized carbons (Fsp3) is 0.529. The van der Waals surface area contributed by atoms with Gasteiger partial charge in [-0.15, -0.1) is 0 Å². The van der Waals surface area contributed by atoms with E-state index in [4.69, 9.17) is 9.47 Å². The van der Waals surface area contributed by atoms with Gasteiger partial charge in [0, 0.05) is 45.5 Å². The molecule has 1 atom stereocenters. The van der Waals surface area contributed by atoms with E-state index in [-0.39, 0.29) is 30.6 Å². The normalized spacial score (nSPS) is 16.0. The minimum atomic E-state index is -0.0965. The molecular weight excluding hydrogens is 296 g/mol. The first-order valence-corrected chi connectivity index (χ1v) is 7.76. The number of benzene rings is 1. The number of hydrogen-bond acceptors (Lipinski definition) is 4. The number of carbonyl (C=O) groups is 2. The van der Waals surface area contributed by atoms with Gasteiger partial charge < -0.3 is 19.7 Å².